The first-order chi connectivity index (χ1) is 12.4. The highest BCUT2D eigenvalue weighted by atomic mass is 16.6. The van der Waals surface area contributed by atoms with Gasteiger partial charge < -0.3 is 10.1 Å². The molecule has 0 aliphatic carbocycles. The van der Waals surface area contributed by atoms with Crippen molar-refractivity contribution in [3.63, 3.8) is 0 Å². The Balaban J connectivity index is 2.05. The van der Waals surface area contributed by atoms with Crippen molar-refractivity contribution in [1.29, 1.82) is 0 Å². The first-order valence-electron chi connectivity index (χ1n) is 8.06. The zero-order chi connectivity index (χ0) is 18.8. The van der Waals surface area contributed by atoms with Crippen molar-refractivity contribution in [2.45, 2.75) is 20.3 Å². The van der Waals surface area contributed by atoms with Gasteiger partial charge >= 0.3 is 0 Å². The van der Waals surface area contributed by atoms with E-state index >= 15 is 0 Å². The largest absolute Gasteiger partial charge is 0.495 e. The Kier molecular flexibility index (Phi) is 4.57. The van der Waals surface area contributed by atoms with Gasteiger partial charge in [0.15, 0.2) is 0 Å². The lowest BCUT2D eigenvalue weighted by Crippen LogP contribution is -2.17. The lowest BCUT2D eigenvalue weighted by molar-refractivity contribution is -0.384. The van der Waals surface area contributed by atoms with E-state index in [1.54, 1.807) is 10.6 Å². The molecule has 0 spiro atoms. The third-order valence-electron chi connectivity index (χ3n) is 4.05. The Morgan fingerprint density at radius 1 is 1.35 bits per heavy atom. The number of nitrogens with one attached hydrogen (secondary N) is 1. The molecule has 0 unspecified atom stereocenters. The van der Waals surface area contributed by atoms with Gasteiger partial charge in [-0.3, -0.25) is 19.3 Å². The molecule has 2 heterocycles. The lowest BCUT2D eigenvalue weighted by Gasteiger charge is -2.10. The van der Waals surface area contributed by atoms with Gasteiger partial charge in [-0.25, -0.2) is 4.98 Å². The Labute approximate surface area is 149 Å². The molecule has 134 valence electrons. The number of carbonyl (C=O) groups excluding carboxylic acids is 1. The number of carbonyl (C=O) groups is 1. The number of hydrogen-bond acceptors (Lipinski definition) is 5. The third kappa shape index (κ3) is 3.08. The van der Waals surface area contributed by atoms with Crippen LogP contribution in [0.1, 0.15) is 28.7 Å². The molecular weight excluding hydrogens is 336 g/mol. The number of nitro benzene ring substituents is 1. The van der Waals surface area contributed by atoms with Crippen molar-refractivity contribution in [2.24, 2.45) is 0 Å². The number of nitrogens with zero attached hydrogens (tertiary/aromatic N) is 3. The molecule has 0 atom stereocenters. The fourth-order valence-electron chi connectivity index (χ4n) is 2.77. The van der Waals surface area contributed by atoms with E-state index in [2.05, 4.69) is 10.3 Å². The molecule has 0 fully saturated rings. The van der Waals surface area contributed by atoms with Gasteiger partial charge in [-0.05, 0) is 37.1 Å². The molecular formula is C18H18N4O4. The maximum atomic E-state index is 12.9. The number of methoxy groups -OCH3 is 1. The number of imidazole rings is 1. The minimum Gasteiger partial charge on any atom is -0.495 e. The maximum absolute atomic E-state index is 12.9. The van der Waals surface area contributed by atoms with Crippen LogP contribution in [0.3, 0.4) is 0 Å². The first kappa shape index (κ1) is 17.4. The number of ether oxygens (including phenoxy) is 1. The molecule has 1 aromatic carbocycles. The van der Waals surface area contributed by atoms with Crippen LogP contribution in [-0.4, -0.2) is 27.3 Å². The lowest BCUT2D eigenvalue weighted by atomic mass is 10.2. The predicted octanol–water partition coefficient (Wildman–Crippen LogP) is 3.37. The second kappa shape index (κ2) is 6.83. The monoisotopic (exact) mass is 354 g/mol. The summed E-state index contributed by atoms with van der Waals surface area (Å²) >= 11 is 0. The highest BCUT2D eigenvalue weighted by Gasteiger charge is 2.21. The molecule has 1 N–H and O–H groups in total. The zero-order valence-corrected chi connectivity index (χ0v) is 14.6. The van der Waals surface area contributed by atoms with E-state index in [4.69, 9.17) is 4.74 Å². The van der Waals surface area contributed by atoms with Crippen LogP contribution >= 0.6 is 0 Å². The van der Waals surface area contributed by atoms with Crippen LogP contribution < -0.4 is 10.1 Å². The summed E-state index contributed by atoms with van der Waals surface area (Å²) in [5.41, 5.74) is 2.87. The van der Waals surface area contributed by atoms with E-state index in [1.807, 2.05) is 26.0 Å². The maximum Gasteiger partial charge on any atom is 0.274 e. The molecule has 2 aromatic heterocycles. The minimum atomic E-state index is -0.524. The van der Waals surface area contributed by atoms with Crippen LogP contribution in [0.5, 0.6) is 5.75 Å². The van der Waals surface area contributed by atoms with Gasteiger partial charge in [0, 0.05) is 18.3 Å². The summed E-state index contributed by atoms with van der Waals surface area (Å²) in [6, 6.07) is 7.83. The number of pyridine rings is 1. The molecule has 3 aromatic rings. The third-order valence-corrected chi connectivity index (χ3v) is 4.05. The molecule has 3 rings (SSSR count). The van der Waals surface area contributed by atoms with Crippen molar-refractivity contribution < 1.29 is 14.5 Å². The molecule has 1 amide bonds. The van der Waals surface area contributed by atoms with Gasteiger partial charge in [-0.1, -0.05) is 6.92 Å². The van der Waals surface area contributed by atoms with Crippen molar-refractivity contribution in [3.8, 4) is 5.75 Å². The summed E-state index contributed by atoms with van der Waals surface area (Å²) in [6.45, 7) is 3.87. The normalized spacial score (nSPS) is 10.7. The van der Waals surface area contributed by atoms with Crippen molar-refractivity contribution in [3.05, 3.63) is 63.6 Å². The topological polar surface area (TPSA) is 98.8 Å². The van der Waals surface area contributed by atoms with Gasteiger partial charge in [0.1, 0.15) is 17.1 Å². The highest BCUT2D eigenvalue weighted by Crippen LogP contribution is 2.29. The Morgan fingerprint density at radius 3 is 2.77 bits per heavy atom. The molecule has 26 heavy (non-hydrogen) atoms. The smallest absolute Gasteiger partial charge is 0.274 e. The van der Waals surface area contributed by atoms with Crippen LogP contribution in [0.4, 0.5) is 11.4 Å². The van der Waals surface area contributed by atoms with E-state index in [9.17, 15) is 14.9 Å². The van der Waals surface area contributed by atoms with Gasteiger partial charge in [-0.2, -0.15) is 0 Å². The number of benzene rings is 1. The van der Waals surface area contributed by atoms with Crippen LogP contribution in [0.2, 0.25) is 0 Å². The molecule has 0 bridgehead atoms. The molecule has 0 radical (unpaired) electrons. The fourth-order valence-corrected chi connectivity index (χ4v) is 2.77. The Morgan fingerprint density at radius 2 is 2.12 bits per heavy atom. The van der Waals surface area contributed by atoms with Gasteiger partial charge in [0.05, 0.1) is 23.4 Å². The number of aromatic nitrogens is 2. The summed E-state index contributed by atoms with van der Waals surface area (Å²) in [5.74, 6) is -0.0661. The number of non-ortho nitro benzene ring substituents is 1. The minimum absolute atomic E-state index is 0.134. The van der Waals surface area contributed by atoms with Crippen LogP contribution in [-0.2, 0) is 6.42 Å². The molecule has 0 saturated heterocycles. The zero-order valence-electron chi connectivity index (χ0n) is 14.6. The van der Waals surface area contributed by atoms with Gasteiger partial charge in [0.25, 0.3) is 11.6 Å². The molecule has 0 aliphatic rings. The number of anilines is 1. The summed E-state index contributed by atoms with van der Waals surface area (Å²) in [4.78, 5) is 27.9. The summed E-state index contributed by atoms with van der Waals surface area (Å²) < 4.78 is 6.91. The van der Waals surface area contributed by atoms with Crippen molar-refractivity contribution in [1.82, 2.24) is 9.38 Å². The summed E-state index contributed by atoms with van der Waals surface area (Å²) in [7, 11) is 1.44. The quantitative estimate of drug-likeness (QED) is 0.559. The van der Waals surface area contributed by atoms with E-state index in [-0.39, 0.29) is 11.4 Å². The van der Waals surface area contributed by atoms with Crippen LogP contribution in [0.25, 0.3) is 5.65 Å². The standard InChI is InChI=1S/C18H18N4O4/c1-4-13-17(21-8-7-11(2)9-16(21)19-13)18(23)20-14-10-12(22(24)25)5-6-15(14)26-3/h5-10H,4H2,1-3H3,(H,20,23). The average Bonchev–Trinajstić information content (AvgIpc) is 2.99. The van der Waals surface area contributed by atoms with Crippen LogP contribution in [0, 0.1) is 17.0 Å². The highest BCUT2D eigenvalue weighted by molar-refractivity contribution is 6.05. The number of rotatable bonds is 5. The number of hydrogen-bond donors (Lipinski definition) is 1. The number of fused-ring (bicyclic) bond motifs is 1. The van der Waals surface area contributed by atoms with Gasteiger partial charge in [0.2, 0.25) is 0 Å². The second-order valence-corrected chi connectivity index (χ2v) is 5.79. The van der Waals surface area contributed by atoms with Crippen molar-refractivity contribution in [2.75, 3.05) is 12.4 Å². The predicted molar refractivity (Wildman–Crippen MR) is 96.9 cm³/mol. The van der Waals surface area contributed by atoms with E-state index in [1.165, 1.54) is 25.3 Å². The van der Waals surface area contributed by atoms with Gasteiger partial charge in [-0.15, -0.1) is 0 Å². The molecule has 8 nitrogen and oxygen atoms in total. The Hall–Kier alpha value is -3.42. The summed E-state index contributed by atoms with van der Waals surface area (Å²) in [5, 5.41) is 13.7. The molecule has 0 aliphatic heterocycles. The second-order valence-electron chi connectivity index (χ2n) is 5.79. The fraction of sp³-hybridized carbons (Fsp3) is 0.222. The van der Waals surface area contributed by atoms with Crippen LogP contribution in [0.15, 0.2) is 36.5 Å². The molecule has 8 heteroatoms. The van der Waals surface area contributed by atoms with E-state index < -0.39 is 10.8 Å². The number of nitro groups is 1. The van der Waals surface area contributed by atoms with Crippen molar-refractivity contribution >= 4 is 22.9 Å². The number of aryl methyl sites for hydroxylation is 2. The van der Waals surface area contributed by atoms with E-state index in [0.717, 1.165) is 5.56 Å². The first-order valence-corrected chi connectivity index (χ1v) is 8.06. The Bertz CT molecular complexity index is 1010. The molecule has 0 saturated carbocycles. The SMILES string of the molecule is CCc1nc2cc(C)ccn2c1C(=O)Nc1cc([N+](=O)[O-])ccc1OC. The summed E-state index contributed by atoms with van der Waals surface area (Å²) in [6.07, 6.45) is 2.37. The number of amides is 1. The van der Waals surface area contributed by atoms with E-state index in [0.29, 0.717) is 29.2 Å². The average molecular weight is 354 g/mol.